The smallest absolute Gasteiger partial charge is 0.370 e. The molecule has 1 spiro atoms. The van der Waals surface area contributed by atoms with Crippen LogP contribution in [0.15, 0.2) is 29.3 Å². The van der Waals surface area contributed by atoms with Gasteiger partial charge in [0.2, 0.25) is 0 Å². The van der Waals surface area contributed by atoms with Crippen molar-refractivity contribution in [1.82, 2.24) is 5.32 Å². The first-order valence-corrected chi connectivity index (χ1v) is 7.09. The number of rotatable bonds is 4. The molecule has 3 rings (SSSR count). The van der Waals surface area contributed by atoms with Gasteiger partial charge < -0.3 is 11.1 Å². The molecule has 0 bridgehead atoms. The van der Waals surface area contributed by atoms with E-state index in [1.54, 1.807) is 6.07 Å². The van der Waals surface area contributed by atoms with Gasteiger partial charge in [-0.15, -0.1) is 0 Å². The number of nitrogens with one attached hydrogen (secondary N) is 1. The molecule has 0 aliphatic heterocycles. The van der Waals surface area contributed by atoms with E-state index in [9.17, 15) is 13.2 Å². The van der Waals surface area contributed by atoms with Crippen LogP contribution in [-0.2, 0) is 12.7 Å². The Labute approximate surface area is 121 Å². The summed E-state index contributed by atoms with van der Waals surface area (Å²) in [5, 5.41) is 3.06. The zero-order chi connectivity index (χ0) is 15.1. The molecule has 0 aromatic heterocycles. The third-order valence-electron chi connectivity index (χ3n) is 4.47. The Hall–Kier alpha value is -1.72. The van der Waals surface area contributed by atoms with Gasteiger partial charge >= 0.3 is 6.18 Å². The van der Waals surface area contributed by atoms with Crippen LogP contribution in [0.4, 0.5) is 13.2 Å². The molecule has 6 heteroatoms. The molecule has 0 saturated heterocycles. The lowest BCUT2D eigenvalue weighted by Gasteiger charge is -2.08. The second kappa shape index (κ2) is 4.93. The lowest BCUT2D eigenvalue weighted by molar-refractivity contribution is -0.137. The molecule has 2 saturated carbocycles. The summed E-state index contributed by atoms with van der Waals surface area (Å²) < 4.78 is 37.8. The highest BCUT2D eigenvalue weighted by molar-refractivity contribution is 5.77. The summed E-state index contributed by atoms with van der Waals surface area (Å²) in [7, 11) is 0. The van der Waals surface area contributed by atoms with Gasteiger partial charge in [0, 0.05) is 6.54 Å². The Morgan fingerprint density at radius 3 is 2.76 bits per heavy atom. The molecule has 2 aliphatic carbocycles. The third-order valence-corrected chi connectivity index (χ3v) is 4.47. The number of halogens is 3. The highest BCUT2D eigenvalue weighted by Crippen LogP contribution is 2.70. The van der Waals surface area contributed by atoms with Crippen LogP contribution in [0.1, 0.15) is 30.4 Å². The van der Waals surface area contributed by atoms with E-state index in [0.717, 1.165) is 18.7 Å². The molecule has 114 valence electrons. The predicted octanol–water partition coefficient (Wildman–Crippen LogP) is 2.91. The van der Waals surface area contributed by atoms with Crippen molar-refractivity contribution < 1.29 is 13.2 Å². The van der Waals surface area contributed by atoms with Gasteiger partial charge in [-0.2, -0.15) is 13.2 Å². The summed E-state index contributed by atoms with van der Waals surface area (Å²) in [6, 6.07) is 5.16. The van der Waals surface area contributed by atoms with Crippen LogP contribution in [-0.4, -0.2) is 12.5 Å². The fourth-order valence-electron chi connectivity index (χ4n) is 2.80. The topological polar surface area (TPSA) is 50.4 Å². The van der Waals surface area contributed by atoms with Crippen LogP contribution in [0.25, 0.3) is 0 Å². The van der Waals surface area contributed by atoms with Gasteiger partial charge in [0.05, 0.1) is 12.1 Å². The van der Waals surface area contributed by atoms with Crippen molar-refractivity contribution in [2.24, 2.45) is 22.1 Å². The molecule has 2 fully saturated rings. The van der Waals surface area contributed by atoms with Crippen LogP contribution in [0.5, 0.6) is 0 Å². The second-order valence-corrected chi connectivity index (χ2v) is 6.04. The SMILES string of the molecule is NC(=NCc1cccc(C(F)(F)F)c1)NCC1CC12CC2. The first kappa shape index (κ1) is 14.2. The summed E-state index contributed by atoms with van der Waals surface area (Å²) in [5.41, 5.74) is 6.20. The van der Waals surface area contributed by atoms with Gasteiger partial charge in [-0.05, 0) is 48.3 Å². The third kappa shape index (κ3) is 3.31. The summed E-state index contributed by atoms with van der Waals surface area (Å²) in [6.07, 6.45) is -0.420. The van der Waals surface area contributed by atoms with Crippen LogP contribution < -0.4 is 11.1 Å². The normalized spacial score (nSPS) is 23.2. The van der Waals surface area contributed by atoms with Crippen molar-refractivity contribution in [2.75, 3.05) is 6.54 Å². The van der Waals surface area contributed by atoms with Gasteiger partial charge in [-0.25, -0.2) is 4.99 Å². The van der Waals surface area contributed by atoms with E-state index < -0.39 is 11.7 Å². The van der Waals surface area contributed by atoms with E-state index in [4.69, 9.17) is 5.73 Å². The maximum Gasteiger partial charge on any atom is 0.416 e. The minimum absolute atomic E-state index is 0.151. The standard InChI is InChI=1S/C15H18F3N3/c16-15(17,18)11-3-1-2-10(6-11)8-20-13(19)21-9-12-7-14(12)4-5-14/h1-3,6,12H,4-5,7-9H2,(H3,19,20,21). The first-order valence-electron chi connectivity index (χ1n) is 7.09. The average Bonchev–Trinajstić information content (AvgIpc) is 3.34. The van der Waals surface area contributed by atoms with E-state index in [1.807, 2.05) is 0 Å². The van der Waals surface area contributed by atoms with Crippen molar-refractivity contribution in [3.05, 3.63) is 35.4 Å². The van der Waals surface area contributed by atoms with Crippen LogP contribution in [0.3, 0.4) is 0 Å². The van der Waals surface area contributed by atoms with Crippen LogP contribution in [0.2, 0.25) is 0 Å². The van der Waals surface area contributed by atoms with Crippen molar-refractivity contribution in [3.63, 3.8) is 0 Å². The Balaban J connectivity index is 1.52. The molecule has 21 heavy (non-hydrogen) atoms. The lowest BCUT2D eigenvalue weighted by atomic mass is 10.1. The quantitative estimate of drug-likeness (QED) is 0.663. The first-order chi connectivity index (χ1) is 9.89. The van der Waals surface area contributed by atoms with Crippen LogP contribution in [0, 0.1) is 11.3 Å². The summed E-state index contributed by atoms with van der Waals surface area (Å²) in [5.74, 6) is 0.995. The van der Waals surface area contributed by atoms with Crippen LogP contribution >= 0.6 is 0 Å². The number of alkyl halides is 3. The van der Waals surface area contributed by atoms with Gasteiger partial charge in [0.15, 0.2) is 5.96 Å². The molecule has 2 aliphatic rings. The molecule has 0 amide bonds. The van der Waals surface area contributed by atoms with E-state index in [2.05, 4.69) is 10.3 Å². The molecule has 3 N–H and O–H groups in total. The Morgan fingerprint density at radius 1 is 1.38 bits per heavy atom. The maximum atomic E-state index is 12.6. The average molecular weight is 297 g/mol. The number of aliphatic imine (C=N–C) groups is 1. The van der Waals surface area contributed by atoms with Crippen molar-refractivity contribution in [2.45, 2.75) is 32.0 Å². The van der Waals surface area contributed by atoms with Crippen molar-refractivity contribution in [3.8, 4) is 0 Å². The summed E-state index contributed by atoms with van der Waals surface area (Å²) in [6.45, 7) is 0.969. The molecule has 1 aromatic rings. The Kier molecular flexibility index (Phi) is 3.34. The molecule has 0 radical (unpaired) electrons. The lowest BCUT2D eigenvalue weighted by Crippen LogP contribution is -2.33. The fourth-order valence-corrected chi connectivity index (χ4v) is 2.80. The van der Waals surface area contributed by atoms with Crippen molar-refractivity contribution in [1.29, 1.82) is 0 Å². The highest BCUT2D eigenvalue weighted by Gasteiger charge is 2.62. The molecule has 3 nitrogen and oxygen atoms in total. The number of nitrogens with two attached hydrogens (primary N) is 1. The molecule has 1 unspecified atom stereocenters. The minimum Gasteiger partial charge on any atom is -0.370 e. The monoisotopic (exact) mass is 297 g/mol. The zero-order valence-corrected chi connectivity index (χ0v) is 11.6. The predicted molar refractivity (Wildman–Crippen MR) is 74.5 cm³/mol. The van der Waals surface area contributed by atoms with Gasteiger partial charge in [-0.3, -0.25) is 0 Å². The number of benzene rings is 1. The number of hydrogen-bond acceptors (Lipinski definition) is 1. The largest absolute Gasteiger partial charge is 0.416 e. The molecule has 1 aromatic carbocycles. The van der Waals surface area contributed by atoms with E-state index in [-0.39, 0.29) is 6.54 Å². The molecular formula is C15H18F3N3. The highest BCUT2D eigenvalue weighted by atomic mass is 19.4. The van der Waals surface area contributed by atoms with Gasteiger partial charge in [0.25, 0.3) is 0 Å². The maximum absolute atomic E-state index is 12.6. The van der Waals surface area contributed by atoms with E-state index in [1.165, 1.54) is 25.3 Å². The van der Waals surface area contributed by atoms with E-state index in [0.29, 0.717) is 22.9 Å². The summed E-state index contributed by atoms with van der Waals surface area (Å²) >= 11 is 0. The second-order valence-electron chi connectivity index (χ2n) is 6.04. The fraction of sp³-hybridized carbons (Fsp3) is 0.533. The minimum atomic E-state index is -4.33. The zero-order valence-electron chi connectivity index (χ0n) is 11.6. The Bertz CT molecular complexity index is 562. The van der Waals surface area contributed by atoms with Gasteiger partial charge in [-0.1, -0.05) is 12.1 Å². The molecular weight excluding hydrogens is 279 g/mol. The Morgan fingerprint density at radius 2 is 2.14 bits per heavy atom. The van der Waals surface area contributed by atoms with E-state index >= 15 is 0 Å². The number of hydrogen-bond donors (Lipinski definition) is 2. The summed E-state index contributed by atoms with van der Waals surface area (Å²) in [4.78, 5) is 4.10. The molecule has 1 atom stereocenters. The molecule has 0 heterocycles. The number of guanidine groups is 1. The van der Waals surface area contributed by atoms with Gasteiger partial charge in [0.1, 0.15) is 0 Å². The number of nitrogens with zero attached hydrogens (tertiary/aromatic N) is 1. The van der Waals surface area contributed by atoms with Crippen molar-refractivity contribution >= 4 is 5.96 Å².